The highest BCUT2D eigenvalue weighted by atomic mass is 19.1. The fourth-order valence-electron chi connectivity index (χ4n) is 5.55. The van der Waals surface area contributed by atoms with Crippen LogP contribution in [0, 0.1) is 46.1 Å². The molecule has 3 fully saturated rings. The van der Waals surface area contributed by atoms with E-state index in [4.69, 9.17) is 0 Å². The number of halogens is 2. The number of hydrogen-bond donors (Lipinski definition) is 2. The first-order valence-corrected chi connectivity index (χ1v) is 11.3. The molecule has 0 spiro atoms. The van der Waals surface area contributed by atoms with Crippen molar-refractivity contribution in [3.63, 3.8) is 0 Å². The van der Waals surface area contributed by atoms with Crippen LogP contribution in [0.15, 0.2) is 18.2 Å². The van der Waals surface area contributed by atoms with Gasteiger partial charge in [0.2, 0.25) is 17.7 Å². The molecule has 0 aromatic heterocycles. The Bertz CT molecular complexity index is 1000. The van der Waals surface area contributed by atoms with E-state index in [1.54, 1.807) is 4.90 Å². The monoisotopic (exact) mass is 458 g/mol. The zero-order valence-corrected chi connectivity index (χ0v) is 18.7. The van der Waals surface area contributed by atoms with E-state index in [1.165, 1.54) is 12.1 Å². The molecule has 176 valence electrons. The highest BCUT2D eigenvalue weighted by Gasteiger charge is 2.69. The summed E-state index contributed by atoms with van der Waals surface area (Å²) in [6, 6.07) is 3.72. The van der Waals surface area contributed by atoms with Gasteiger partial charge >= 0.3 is 0 Å². The number of nitriles is 1. The lowest BCUT2D eigenvalue weighted by Crippen LogP contribution is -2.52. The molecule has 0 bridgehead atoms. The Kier molecular flexibility index (Phi) is 6.12. The maximum Gasteiger partial charge on any atom is 0.244 e. The molecule has 9 heteroatoms. The number of likely N-dealkylation sites (tertiary alicyclic amines) is 1. The lowest BCUT2D eigenvalue weighted by Gasteiger charge is -2.31. The minimum atomic E-state index is -0.820. The van der Waals surface area contributed by atoms with E-state index in [0.29, 0.717) is 25.1 Å². The minimum Gasteiger partial charge on any atom is -0.356 e. The molecule has 7 nitrogen and oxygen atoms in total. The van der Waals surface area contributed by atoms with Crippen LogP contribution in [-0.4, -0.2) is 47.8 Å². The molecule has 2 aliphatic heterocycles. The van der Waals surface area contributed by atoms with Gasteiger partial charge in [0.1, 0.15) is 23.7 Å². The highest BCUT2D eigenvalue weighted by Crippen LogP contribution is 2.64. The van der Waals surface area contributed by atoms with E-state index in [1.807, 2.05) is 0 Å². The Morgan fingerprint density at radius 2 is 2.00 bits per heavy atom. The molecule has 1 aromatic rings. The molecule has 1 saturated carbocycles. The maximum absolute atomic E-state index is 13.4. The van der Waals surface area contributed by atoms with E-state index in [0.717, 1.165) is 6.07 Å². The van der Waals surface area contributed by atoms with Crippen molar-refractivity contribution in [2.24, 2.45) is 23.2 Å². The molecule has 0 radical (unpaired) electrons. The number of nitrogens with zero attached hydrogens (tertiary/aromatic N) is 2. The van der Waals surface area contributed by atoms with Gasteiger partial charge in [0, 0.05) is 31.5 Å². The van der Waals surface area contributed by atoms with E-state index in [2.05, 4.69) is 30.6 Å². The Hall–Kier alpha value is -3.02. The Morgan fingerprint density at radius 3 is 2.61 bits per heavy atom. The smallest absolute Gasteiger partial charge is 0.244 e. The average Bonchev–Trinajstić information content (AvgIpc) is 3.11. The number of fused-ring (bicyclic) bond motifs is 1. The van der Waals surface area contributed by atoms with Gasteiger partial charge in [0.05, 0.1) is 6.07 Å². The topological polar surface area (TPSA) is 102 Å². The Balaban J connectivity index is 1.42. The van der Waals surface area contributed by atoms with Gasteiger partial charge in [-0.2, -0.15) is 5.26 Å². The van der Waals surface area contributed by atoms with Crippen LogP contribution in [0.4, 0.5) is 8.78 Å². The number of benzene rings is 1. The van der Waals surface area contributed by atoms with Crippen molar-refractivity contribution in [1.29, 1.82) is 5.26 Å². The van der Waals surface area contributed by atoms with Gasteiger partial charge in [-0.25, -0.2) is 8.78 Å². The molecule has 0 unspecified atom stereocenters. The average molecular weight is 459 g/mol. The van der Waals surface area contributed by atoms with Gasteiger partial charge in [-0.05, 0) is 54.2 Å². The van der Waals surface area contributed by atoms with Crippen molar-refractivity contribution in [3.05, 3.63) is 35.4 Å². The van der Waals surface area contributed by atoms with Crippen LogP contribution in [0.1, 0.15) is 38.7 Å². The fraction of sp³-hybridized carbons (Fsp3) is 0.583. The van der Waals surface area contributed by atoms with Crippen molar-refractivity contribution >= 4 is 17.7 Å². The number of aryl methyl sites for hydroxylation is 1. The molecule has 3 aliphatic rings. The summed E-state index contributed by atoms with van der Waals surface area (Å²) in [4.78, 5) is 39.6. The molecular weight excluding hydrogens is 430 g/mol. The van der Waals surface area contributed by atoms with Gasteiger partial charge in [-0.3, -0.25) is 14.4 Å². The van der Waals surface area contributed by atoms with Crippen LogP contribution in [-0.2, 0) is 20.8 Å². The number of hydrogen-bond acceptors (Lipinski definition) is 4. The molecule has 5 atom stereocenters. The summed E-state index contributed by atoms with van der Waals surface area (Å²) < 4.78 is 26.9. The minimum absolute atomic E-state index is 0.0119. The summed E-state index contributed by atoms with van der Waals surface area (Å²) >= 11 is 0. The fourth-order valence-corrected chi connectivity index (χ4v) is 5.55. The van der Waals surface area contributed by atoms with Crippen molar-refractivity contribution in [3.8, 4) is 6.07 Å². The van der Waals surface area contributed by atoms with Crippen molar-refractivity contribution in [2.45, 2.75) is 51.6 Å². The molecule has 1 aromatic carbocycles. The van der Waals surface area contributed by atoms with Crippen LogP contribution in [0.25, 0.3) is 0 Å². The number of carbonyl (C=O) groups excluding carboxylic acids is 3. The molecular formula is C24H28F2N4O3. The van der Waals surface area contributed by atoms with Crippen molar-refractivity contribution < 1.29 is 23.2 Å². The van der Waals surface area contributed by atoms with Crippen molar-refractivity contribution in [2.75, 3.05) is 13.1 Å². The SMILES string of the molecule is CC1(C)[C@@H]2[C@@H](C(=O)N[C@H](C#N)C[C@@H]3CCNC3=O)N(C(=O)CCc3cc(F)cc(F)c3)C[C@@H]21. The summed E-state index contributed by atoms with van der Waals surface area (Å²) in [5.41, 5.74) is 0.295. The van der Waals surface area contributed by atoms with Crippen molar-refractivity contribution in [1.82, 2.24) is 15.5 Å². The maximum atomic E-state index is 13.4. The molecule has 2 N–H and O–H groups in total. The number of piperidine rings is 1. The first-order valence-electron chi connectivity index (χ1n) is 11.3. The van der Waals surface area contributed by atoms with Crippen LogP contribution in [0.3, 0.4) is 0 Å². The standard InChI is InChI=1S/C24H28F2N4O3/c1-24(2)18-12-30(19(31)4-3-13-7-15(25)10-16(26)8-13)21(20(18)24)23(33)29-17(11-27)9-14-5-6-28-22(14)32/h7-8,10,14,17-18,20-21H,3-6,9,12H2,1-2H3,(H,28,32)(H,29,33)/t14-,17-,18-,20-,21-/m0/s1. The Labute approximate surface area is 191 Å². The molecule has 33 heavy (non-hydrogen) atoms. The first kappa shape index (κ1) is 23.1. The predicted octanol–water partition coefficient (Wildman–Crippen LogP) is 1.91. The Morgan fingerprint density at radius 1 is 1.30 bits per heavy atom. The third kappa shape index (κ3) is 4.56. The van der Waals surface area contributed by atoms with E-state index >= 15 is 0 Å². The normalized spacial score (nSPS) is 28.0. The molecule has 3 amide bonds. The van der Waals surface area contributed by atoms with Crippen LogP contribution in [0.5, 0.6) is 0 Å². The number of rotatable bonds is 7. The summed E-state index contributed by atoms with van der Waals surface area (Å²) in [6.07, 6.45) is 1.04. The van der Waals surface area contributed by atoms with E-state index < -0.39 is 23.7 Å². The molecule has 2 saturated heterocycles. The van der Waals surface area contributed by atoms with Gasteiger partial charge in [-0.1, -0.05) is 13.8 Å². The third-order valence-corrected chi connectivity index (χ3v) is 7.50. The molecule has 4 rings (SSSR count). The molecule has 1 aliphatic carbocycles. The third-order valence-electron chi connectivity index (χ3n) is 7.50. The van der Waals surface area contributed by atoms with Gasteiger partial charge in [0.25, 0.3) is 0 Å². The summed E-state index contributed by atoms with van der Waals surface area (Å²) in [6.45, 7) is 5.12. The quantitative estimate of drug-likeness (QED) is 0.652. The van der Waals surface area contributed by atoms with Crippen LogP contribution in [0.2, 0.25) is 0 Å². The highest BCUT2D eigenvalue weighted by molar-refractivity contribution is 5.90. The number of nitrogens with one attached hydrogen (secondary N) is 2. The largest absolute Gasteiger partial charge is 0.356 e. The zero-order valence-electron chi connectivity index (χ0n) is 18.7. The van der Waals surface area contributed by atoms with Gasteiger partial charge in [-0.15, -0.1) is 0 Å². The number of amides is 3. The second-order valence-corrected chi connectivity index (χ2v) is 9.92. The van der Waals surface area contributed by atoms with Gasteiger partial charge in [0.15, 0.2) is 0 Å². The lowest BCUT2D eigenvalue weighted by atomic mass is 9.97. The second kappa shape index (κ2) is 8.73. The summed E-state index contributed by atoms with van der Waals surface area (Å²) in [5.74, 6) is -2.29. The number of carbonyl (C=O) groups is 3. The lowest BCUT2D eigenvalue weighted by molar-refractivity contribution is -0.140. The first-order chi connectivity index (χ1) is 15.6. The zero-order chi connectivity index (χ0) is 23.9. The van der Waals surface area contributed by atoms with E-state index in [9.17, 15) is 28.4 Å². The van der Waals surface area contributed by atoms with E-state index in [-0.39, 0.29) is 60.2 Å². The van der Waals surface area contributed by atoms with Gasteiger partial charge < -0.3 is 15.5 Å². The van der Waals surface area contributed by atoms with Crippen LogP contribution < -0.4 is 10.6 Å². The summed E-state index contributed by atoms with van der Waals surface area (Å²) in [7, 11) is 0. The summed E-state index contributed by atoms with van der Waals surface area (Å²) in [5, 5.41) is 15.0. The molecule has 2 heterocycles. The van der Waals surface area contributed by atoms with Crippen LogP contribution >= 0.6 is 0 Å². The second-order valence-electron chi connectivity index (χ2n) is 9.92. The predicted molar refractivity (Wildman–Crippen MR) is 114 cm³/mol.